The van der Waals surface area contributed by atoms with Gasteiger partial charge in [0, 0.05) is 0 Å². The van der Waals surface area contributed by atoms with Crippen LogP contribution in [-0.2, 0) is 11.0 Å². The normalized spacial score (nSPS) is 12.9. The number of carbonyl (C=O) groups excluding carboxylic acids is 1. The Kier molecular flexibility index (Phi) is 5.92. The largest absolute Gasteiger partial charge is 0.480 e. The van der Waals surface area contributed by atoms with Crippen molar-refractivity contribution >= 4 is 11.9 Å². The molecule has 0 aliphatic rings. The number of hydrogen-bond donors (Lipinski definition) is 2. The molecule has 1 atom stereocenters. The molecule has 1 unspecified atom stereocenters. The molecule has 1 heterocycles. The molecule has 0 aliphatic carbocycles. The smallest absolute Gasteiger partial charge is 0.416 e. The highest BCUT2D eigenvalue weighted by molar-refractivity contribution is 5.97. The predicted molar refractivity (Wildman–Crippen MR) is 91.6 cm³/mol. The lowest BCUT2D eigenvalue weighted by molar-refractivity contribution is -0.140. The van der Waals surface area contributed by atoms with Crippen molar-refractivity contribution in [1.29, 1.82) is 0 Å². The van der Waals surface area contributed by atoms with Gasteiger partial charge in [0.1, 0.15) is 6.04 Å². The van der Waals surface area contributed by atoms with Crippen LogP contribution in [0.1, 0.15) is 41.9 Å². The summed E-state index contributed by atoms with van der Waals surface area (Å²) in [6.07, 6.45) is -3.04. The summed E-state index contributed by atoms with van der Waals surface area (Å²) >= 11 is 0. The number of hydrogen-bond acceptors (Lipinski definition) is 3. The SMILES string of the molecule is Cc1c(C(=O)NC(CC(C)C)C(=O)O)cnn1-c1cccc(C(F)(F)F)c1. The average Bonchev–Trinajstić information content (AvgIpc) is 2.94. The van der Waals surface area contributed by atoms with E-state index in [1.54, 1.807) is 0 Å². The van der Waals surface area contributed by atoms with Crippen molar-refractivity contribution in [1.82, 2.24) is 15.1 Å². The summed E-state index contributed by atoms with van der Waals surface area (Å²) in [7, 11) is 0. The number of carbonyl (C=O) groups is 2. The highest BCUT2D eigenvalue weighted by Gasteiger charge is 2.31. The zero-order chi connectivity index (χ0) is 20.4. The number of aromatic nitrogens is 2. The molecule has 6 nitrogen and oxygen atoms in total. The van der Waals surface area contributed by atoms with E-state index < -0.39 is 29.7 Å². The van der Waals surface area contributed by atoms with Gasteiger partial charge in [-0.3, -0.25) is 4.79 Å². The van der Waals surface area contributed by atoms with Gasteiger partial charge in [-0.2, -0.15) is 18.3 Å². The molecule has 27 heavy (non-hydrogen) atoms. The second kappa shape index (κ2) is 7.81. The van der Waals surface area contributed by atoms with Crippen LogP contribution < -0.4 is 5.32 Å². The fourth-order valence-electron chi connectivity index (χ4n) is 2.64. The van der Waals surface area contributed by atoms with Crippen LogP contribution in [0.4, 0.5) is 13.2 Å². The molecule has 1 aromatic heterocycles. The van der Waals surface area contributed by atoms with Crippen LogP contribution in [0.15, 0.2) is 30.5 Å². The Morgan fingerprint density at radius 1 is 1.30 bits per heavy atom. The van der Waals surface area contributed by atoms with E-state index in [-0.39, 0.29) is 23.6 Å². The van der Waals surface area contributed by atoms with Gasteiger partial charge in [-0.25, -0.2) is 9.48 Å². The molecule has 0 fully saturated rings. The number of carboxylic acids is 1. The number of benzene rings is 1. The first-order valence-electron chi connectivity index (χ1n) is 8.26. The lowest BCUT2D eigenvalue weighted by atomic mass is 10.0. The van der Waals surface area contributed by atoms with Crippen LogP contribution in [0, 0.1) is 12.8 Å². The molecule has 2 aromatic rings. The first kappa shape index (κ1) is 20.5. The van der Waals surface area contributed by atoms with Crippen LogP contribution >= 0.6 is 0 Å². The summed E-state index contributed by atoms with van der Waals surface area (Å²) in [6, 6.07) is 3.51. The Morgan fingerprint density at radius 3 is 2.52 bits per heavy atom. The number of carboxylic acid groups (broad SMARTS) is 1. The second-order valence-corrected chi connectivity index (χ2v) is 6.60. The molecule has 0 saturated heterocycles. The zero-order valence-corrected chi connectivity index (χ0v) is 15.0. The monoisotopic (exact) mass is 383 g/mol. The topological polar surface area (TPSA) is 84.2 Å². The molecule has 146 valence electrons. The quantitative estimate of drug-likeness (QED) is 0.801. The molecule has 2 rings (SSSR count). The molecule has 0 radical (unpaired) electrons. The minimum atomic E-state index is -4.50. The maximum Gasteiger partial charge on any atom is 0.416 e. The van der Waals surface area contributed by atoms with E-state index in [1.807, 2.05) is 13.8 Å². The van der Waals surface area contributed by atoms with Gasteiger partial charge in [-0.1, -0.05) is 19.9 Å². The minimum absolute atomic E-state index is 0.0559. The fraction of sp³-hybridized carbons (Fsp3) is 0.389. The third kappa shape index (κ3) is 4.87. The highest BCUT2D eigenvalue weighted by Crippen LogP contribution is 2.30. The summed E-state index contributed by atoms with van der Waals surface area (Å²) in [5, 5.41) is 15.7. The van der Waals surface area contributed by atoms with Crippen LogP contribution in [-0.4, -0.2) is 32.8 Å². The maximum atomic E-state index is 12.9. The van der Waals surface area contributed by atoms with Crippen molar-refractivity contribution in [2.75, 3.05) is 0 Å². The van der Waals surface area contributed by atoms with Crippen molar-refractivity contribution in [2.24, 2.45) is 5.92 Å². The Bertz CT molecular complexity index is 844. The molecule has 9 heteroatoms. The molecule has 0 bridgehead atoms. The lowest BCUT2D eigenvalue weighted by Gasteiger charge is -2.16. The summed E-state index contributed by atoms with van der Waals surface area (Å²) < 4.78 is 39.9. The summed E-state index contributed by atoms with van der Waals surface area (Å²) in [4.78, 5) is 23.7. The Morgan fingerprint density at radius 2 is 1.96 bits per heavy atom. The van der Waals surface area contributed by atoms with Crippen LogP contribution in [0.2, 0.25) is 0 Å². The fourth-order valence-corrected chi connectivity index (χ4v) is 2.64. The molecule has 0 aliphatic heterocycles. The van der Waals surface area contributed by atoms with Gasteiger partial charge in [0.2, 0.25) is 0 Å². The van der Waals surface area contributed by atoms with Crippen molar-refractivity contribution in [3.8, 4) is 5.69 Å². The van der Waals surface area contributed by atoms with Gasteiger partial charge < -0.3 is 10.4 Å². The molecule has 0 spiro atoms. The number of alkyl halides is 3. The number of aliphatic carboxylic acids is 1. The van der Waals surface area contributed by atoms with E-state index in [0.29, 0.717) is 5.69 Å². The highest BCUT2D eigenvalue weighted by atomic mass is 19.4. The molecule has 1 aromatic carbocycles. The lowest BCUT2D eigenvalue weighted by Crippen LogP contribution is -2.41. The van der Waals surface area contributed by atoms with Crippen molar-refractivity contribution < 1.29 is 27.9 Å². The van der Waals surface area contributed by atoms with Crippen LogP contribution in [0.5, 0.6) is 0 Å². The van der Waals surface area contributed by atoms with Crippen LogP contribution in [0.3, 0.4) is 0 Å². The molecule has 0 saturated carbocycles. The third-order valence-corrected chi connectivity index (χ3v) is 3.98. The molecular weight excluding hydrogens is 363 g/mol. The second-order valence-electron chi connectivity index (χ2n) is 6.60. The van der Waals surface area contributed by atoms with Gasteiger partial charge in [-0.05, 0) is 37.5 Å². The van der Waals surface area contributed by atoms with E-state index in [0.717, 1.165) is 12.1 Å². The zero-order valence-electron chi connectivity index (χ0n) is 15.0. The molecule has 2 N–H and O–H groups in total. The Balaban J connectivity index is 2.29. The Hall–Kier alpha value is -2.84. The first-order valence-corrected chi connectivity index (χ1v) is 8.26. The number of nitrogens with zero attached hydrogens (tertiary/aromatic N) is 2. The average molecular weight is 383 g/mol. The van der Waals surface area contributed by atoms with Crippen molar-refractivity contribution in [2.45, 2.75) is 39.4 Å². The van der Waals surface area contributed by atoms with Gasteiger partial charge in [0.25, 0.3) is 5.91 Å². The first-order chi connectivity index (χ1) is 12.5. The maximum absolute atomic E-state index is 12.9. The summed E-state index contributed by atoms with van der Waals surface area (Å²) in [6.45, 7) is 5.19. The van der Waals surface area contributed by atoms with Gasteiger partial charge >= 0.3 is 12.1 Å². The van der Waals surface area contributed by atoms with E-state index in [1.165, 1.54) is 29.9 Å². The van der Waals surface area contributed by atoms with E-state index >= 15 is 0 Å². The summed E-state index contributed by atoms with van der Waals surface area (Å²) in [5.74, 6) is -1.74. The third-order valence-electron chi connectivity index (χ3n) is 3.98. The predicted octanol–water partition coefficient (Wildman–Crippen LogP) is 3.43. The number of rotatable bonds is 6. The van der Waals surface area contributed by atoms with Gasteiger partial charge in [0.05, 0.1) is 28.7 Å². The minimum Gasteiger partial charge on any atom is -0.480 e. The summed E-state index contributed by atoms with van der Waals surface area (Å²) in [5.41, 5.74) is -0.273. The van der Waals surface area contributed by atoms with E-state index in [2.05, 4.69) is 10.4 Å². The van der Waals surface area contributed by atoms with Crippen molar-refractivity contribution in [3.63, 3.8) is 0 Å². The van der Waals surface area contributed by atoms with Crippen molar-refractivity contribution in [3.05, 3.63) is 47.3 Å². The Labute approximate surface area is 154 Å². The number of amides is 1. The molecule has 1 amide bonds. The van der Waals surface area contributed by atoms with Crippen LogP contribution in [0.25, 0.3) is 5.69 Å². The number of halogens is 3. The van der Waals surface area contributed by atoms with Gasteiger partial charge in [0.15, 0.2) is 0 Å². The number of nitrogens with one attached hydrogen (secondary N) is 1. The molecular formula is C18H20F3N3O3. The van der Waals surface area contributed by atoms with E-state index in [9.17, 15) is 27.9 Å². The standard InChI is InChI=1S/C18H20F3N3O3/c1-10(2)7-15(17(26)27)23-16(25)14-9-22-24(11(14)3)13-6-4-5-12(8-13)18(19,20)21/h4-6,8-10,15H,7H2,1-3H3,(H,23,25)(H,26,27). The van der Waals surface area contributed by atoms with E-state index in [4.69, 9.17) is 0 Å². The van der Waals surface area contributed by atoms with Gasteiger partial charge in [-0.15, -0.1) is 0 Å².